The van der Waals surface area contributed by atoms with Crippen LogP contribution in [-0.2, 0) is 10.5 Å². The summed E-state index contributed by atoms with van der Waals surface area (Å²) in [6, 6.07) is 11.0. The van der Waals surface area contributed by atoms with E-state index < -0.39 is 23.5 Å². The molecule has 3 aromatic heterocycles. The van der Waals surface area contributed by atoms with Crippen molar-refractivity contribution in [3.8, 4) is 0 Å². The number of anilines is 1. The van der Waals surface area contributed by atoms with Crippen LogP contribution in [0, 0.1) is 0 Å². The number of hydrogen-bond donors (Lipinski definition) is 1. The molecule has 1 unspecified atom stereocenters. The van der Waals surface area contributed by atoms with Crippen LogP contribution < -0.4 is 4.90 Å². The molecule has 34 heavy (non-hydrogen) atoms. The lowest BCUT2D eigenvalue weighted by Gasteiger charge is -2.21. The largest absolute Gasteiger partial charge is 0.503 e. The summed E-state index contributed by atoms with van der Waals surface area (Å²) in [5.41, 5.74) is 0.821. The van der Waals surface area contributed by atoms with E-state index >= 15 is 0 Å². The summed E-state index contributed by atoms with van der Waals surface area (Å²) < 4.78 is 6.12. The van der Waals surface area contributed by atoms with Crippen molar-refractivity contribution in [2.75, 3.05) is 4.90 Å². The molecular weight excluding hydrogens is 537 g/mol. The summed E-state index contributed by atoms with van der Waals surface area (Å²) in [6.07, 6.45) is 1.44. The summed E-state index contributed by atoms with van der Waals surface area (Å²) in [5, 5.41) is 22.1. The van der Waals surface area contributed by atoms with Gasteiger partial charge in [0.15, 0.2) is 10.1 Å². The van der Waals surface area contributed by atoms with Crippen LogP contribution in [0.1, 0.15) is 27.0 Å². The molecule has 1 atom stereocenters. The Morgan fingerprint density at radius 3 is 2.76 bits per heavy atom. The lowest BCUT2D eigenvalue weighted by molar-refractivity contribution is -0.117. The first-order chi connectivity index (χ1) is 16.4. The van der Waals surface area contributed by atoms with Gasteiger partial charge in [-0.05, 0) is 41.3 Å². The van der Waals surface area contributed by atoms with E-state index in [4.69, 9.17) is 27.6 Å². The summed E-state index contributed by atoms with van der Waals surface area (Å²) in [6.45, 7) is 0. The van der Waals surface area contributed by atoms with Gasteiger partial charge in [-0.1, -0.05) is 58.4 Å². The summed E-state index contributed by atoms with van der Waals surface area (Å²) >= 11 is 16.0. The lowest BCUT2D eigenvalue weighted by atomic mass is 10.0. The van der Waals surface area contributed by atoms with Crippen LogP contribution in [0.5, 0.6) is 0 Å². The number of halogens is 2. The number of thioether (sulfide) groups is 1. The fraction of sp³-hybridized carbons (Fsp3) is 0.0909. The van der Waals surface area contributed by atoms with Crippen LogP contribution in [0.4, 0.5) is 5.13 Å². The molecule has 0 fully saturated rings. The molecule has 12 heteroatoms. The number of Topliss-reactive ketones (excluding diaryl/α,β-unsaturated/α-hetero) is 1. The minimum atomic E-state index is -0.964. The number of ketones is 1. The van der Waals surface area contributed by atoms with E-state index in [9.17, 15) is 14.7 Å². The summed E-state index contributed by atoms with van der Waals surface area (Å²) in [4.78, 5) is 27.9. The van der Waals surface area contributed by atoms with E-state index in [2.05, 4.69) is 10.2 Å². The number of aliphatic hydroxyl groups excluding tert-OH is 1. The molecule has 0 aliphatic carbocycles. The number of aromatic nitrogens is 2. The summed E-state index contributed by atoms with van der Waals surface area (Å²) in [5.74, 6) is -0.964. The molecule has 4 heterocycles. The van der Waals surface area contributed by atoms with Crippen LogP contribution in [0.25, 0.3) is 0 Å². The zero-order valence-corrected chi connectivity index (χ0v) is 20.9. The number of furan rings is 1. The van der Waals surface area contributed by atoms with Gasteiger partial charge in [0, 0.05) is 15.8 Å². The number of thiophene rings is 1. The second-order valence-corrected chi connectivity index (χ2v) is 11.0. The predicted molar refractivity (Wildman–Crippen MR) is 133 cm³/mol. The number of rotatable bonds is 7. The first kappa shape index (κ1) is 23.1. The van der Waals surface area contributed by atoms with Crippen molar-refractivity contribution in [3.05, 3.63) is 91.7 Å². The predicted octanol–water partition coefficient (Wildman–Crippen LogP) is 6.57. The first-order valence-corrected chi connectivity index (χ1v) is 13.2. The monoisotopic (exact) mass is 549 g/mol. The van der Waals surface area contributed by atoms with E-state index in [1.54, 1.807) is 41.8 Å². The average molecular weight is 550 g/mol. The van der Waals surface area contributed by atoms with E-state index in [1.165, 1.54) is 34.3 Å². The Bertz CT molecular complexity index is 1400. The van der Waals surface area contributed by atoms with E-state index in [1.807, 2.05) is 6.07 Å². The topological polar surface area (TPSA) is 96.5 Å². The number of carbonyl (C=O) groups is 2. The van der Waals surface area contributed by atoms with Gasteiger partial charge in [0.25, 0.3) is 5.91 Å². The minimum absolute atomic E-state index is 0.0558. The van der Waals surface area contributed by atoms with Gasteiger partial charge in [0.05, 0.1) is 16.7 Å². The van der Waals surface area contributed by atoms with Crippen molar-refractivity contribution < 1.29 is 19.1 Å². The number of amides is 1. The molecule has 4 aromatic rings. The highest BCUT2D eigenvalue weighted by Gasteiger charge is 2.47. The van der Waals surface area contributed by atoms with Crippen LogP contribution in [0.3, 0.4) is 0 Å². The fourth-order valence-corrected chi connectivity index (χ4v) is 6.53. The van der Waals surface area contributed by atoms with Crippen molar-refractivity contribution in [2.24, 2.45) is 0 Å². The maximum absolute atomic E-state index is 13.2. The summed E-state index contributed by atoms with van der Waals surface area (Å²) in [7, 11) is 0. The van der Waals surface area contributed by atoms with E-state index in [0.29, 0.717) is 30.8 Å². The Labute approximate surface area is 215 Å². The number of hydrogen-bond acceptors (Lipinski definition) is 9. The molecule has 0 radical (unpaired) electrons. The highest BCUT2D eigenvalue weighted by molar-refractivity contribution is 8.00. The van der Waals surface area contributed by atoms with Crippen molar-refractivity contribution in [1.29, 1.82) is 0 Å². The number of benzene rings is 1. The minimum Gasteiger partial charge on any atom is -0.503 e. The number of carbonyl (C=O) groups excluding carboxylic acids is 2. The number of aliphatic hydroxyl groups is 1. The Balaban J connectivity index is 1.44. The van der Waals surface area contributed by atoms with Gasteiger partial charge in [-0.25, -0.2) is 0 Å². The maximum Gasteiger partial charge on any atom is 0.296 e. The Kier molecular flexibility index (Phi) is 6.50. The van der Waals surface area contributed by atoms with Gasteiger partial charge in [-0.3, -0.25) is 14.5 Å². The van der Waals surface area contributed by atoms with E-state index in [-0.39, 0.29) is 10.7 Å². The molecule has 0 saturated carbocycles. The zero-order valence-electron chi connectivity index (χ0n) is 17.0. The molecule has 172 valence electrons. The molecule has 1 amide bonds. The Hall–Kier alpha value is -2.63. The van der Waals surface area contributed by atoms with Crippen LogP contribution in [-0.4, -0.2) is 27.0 Å². The van der Waals surface area contributed by atoms with Gasteiger partial charge < -0.3 is 9.52 Å². The zero-order chi connectivity index (χ0) is 23.8. The molecule has 0 spiro atoms. The van der Waals surface area contributed by atoms with Gasteiger partial charge in [-0.2, -0.15) is 0 Å². The molecular formula is C22H13Cl2N3O4S3. The SMILES string of the molecule is O=C(C1=C(O)C(=O)N(c2nnc(SCc3ccc(Cl)cc3Cl)s2)C1c1ccco1)c1cccs1. The molecule has 5 rings (SSSR count). The fourth-order valence-electron chi connectivity index (χ4n) is 3.43. The second-order valence-electron chi connectivity index (χ2n) is 7.04. The van der Waals surface area contributed by atoms with Gasteiger partial charge >= 0.3 is 0 Å². The highest BCUT2D eigenvalue weighted by atomic mass is 35.5. The average Bonchev–Trinajstić information content (AvgIpc) is 3.62. The van der Waals surface area contributed by atoms with Gasteiger partial charge in [-0.15, -0.1) is 21.5 Å². The highest BCUT2D eigenvalue weighted by Crippen LogP contribution is 2.44. The molecule has 0 saturated heterocycles. The third-order valence-electron chi connectivity index (χ3n) is 4.98. The molecule has 1 N–H and O–H groups in total. The third-order valence-corrected chi connectivity index (χ3v) is 8.54. The van der Waals surface area contributed by atoms with Gasteiger partial charge in [0.1, 0.15) is 11.8 Å². The number of nitrogens with zero attached hydrogens (tertiary/aromatic N) is 3. The molecule has 1 aliphatic rings. The molecule has 1 aliphatic heterocycles. The quantitative estimate of drug-likeness (QED) is 0.158. The molecule has 7 nitrogen and oxygen atoms in total. The van der Waals surface area contributed by atoms with Crippen molar-refractivity contribution in [2.45, 2.75) is 16.1 Å². The Morgan fingerprint density at radius 1 is 1.21 bits per heavy atom. The lowest BCUT2D eigenvalue weighted by Crippen LogP contribution is -2.30. The second kappa shape index (κ2) is 9.55. The van der Waals surface area contributed by atoms with Crippen LogP contribution in [0.2, 0.25) is 10.0 Å². The van der Waals surface area contributed by atoms with Crippen molar-refractivity contribution in [1.82, 2.24) is 10.2 Å². The maximum atomic E-state index is 13.2. The van der Waals surface area contributed by atoms with Crippen molar-refractivity contribution >= 4 is 74.5 Å². The van der Waals surface area contributed by atoms with Crippen molar-refractivity contribution in [3.63, 3.8) is 0 Å². The van der Waals surface area contributed by atoms with E-state index in [0.717, 1.165) is 16.9 Å². The normalized spacial score (nSPS) is 16.0. The standard InChI is InChI=1S/C22H13Cl2N3O4S3/c23-12-6-5-11(13(24)9-12)10-33-22-26-25-21(34-22)27-17(14-3-1-7-31-14)16(19(29)20(27)30)18(28)15-4-2-8-32-15/h1-9,17,29H,10H2. The third kappa shape index (κ3) is 4.27. The van der Waals surface area contributed by atoms with Gasteiger partial charge in [0.2, 0.25) is 10.9 Å². The molecule has 0 bridgehead atoms. The first-order valence-electron chi connectivity index (χ1n) is 9.72. The smallest absolute Gasteiger partial charge is 0.296 e. The van der Waals surface area contributed by atoms with Crippen LogP contribution in [0.15, 0.2) is 74.2 Å². The Morgan fingerprint density at radius 2 is 2.06 bits per heavy atom. The van der Waals surface area contributed by atoms with Crippen LogP contribution >= 0.6 is 57.6 Å². The molecule has 1 aromatic carbocycles.